The third-order valence-electron chi connectivity index (χ3n) is 3.64. The third kappa shape index (κ3) is 6.82. The van der Waals surface area contributed by atoms with E-state index in [-0.39, 0.29) is 22.1 Å². The maximum absolute atomic E-state index is 12.9. The van der Waals surface area contributed by atoms with E-state index in [9.17, 15) is 35.9 Å². The van der Waals surface area contributed by atoms with E-state index in [1.165, 1.54) is 0 Å². The van der Waals surface area contributed by atoms with Crippen molar-refractivity contribution in [1.82, 2.24) is 10.2 Å². The molecule has 6 nitrogen and oxygen atoms in total. The number of anilines is 1. The van der Waals surface area contributed by atoms with Crippen molar-refractivity contribution in [2.75, 3.05) is 11.9 Å². The lowest BCUT2D eigenvalue weighted by molar-refractivity contribution is -0.144. The number of hydrogen-bond acceptors (Lipinski definition) is 7. The Kier molecular flexibility index (Phi) is 7.92. The first kappa shape index (κ1) is 24.9. The quantitative estimate of drug-likeness (QED) is 0.248. The number of rotatable bonds is 7. The van der Waals surface area contributed by atoms with Gasteiger partial charge in [-0.15, -0.1) is 10.2 Å². The highest BCUT2D eigenvalue weighted by atomic mass is 32.2. The standard InChI is InChI=1S/C17H15F6N3O3S2/c1-3-11(13(28)29-4-2)30-15-26-25-14(31-15)24-12(27)8-5-9(16(18,19)20)7-10(6-8)17(21,22)23/h5-7,11H,3-4H2,1-2H3,(H,24,25,27)/t11-/m0/s1. The minimum absolute atomic E-state index is 0.0727. The van der Waals surface area contributed by atoms with E-state index in [0.717, 1.165) is 23.1 Å². The molecule has 1 N–H and O–H groups in total. The van der Waals surface area contributed by atoms with Crippen LogP contribution in [0.15, 0.2) is 22.5 Å². The second-order valence-corrected chi connectivity index (χ2v) is 8.32. The van der Waals surface area contributed by atoms with Gasteiger partial charge in [-0.25, -0.2) is 0 Å². The molecule has 0 aliphatic heterocycles. The van der Waals surface area contributed by atoms with Crippen LogP contribution in [0.4, 0.5) is 31.5 Å². The summed E-state index contributed by atoms with van der Waals surface area (Å²) in [6, 6.07) is 0.557. The van der Waals surface area contributed by atoms with Crippen LogP contribution >= 0.6 is 23.1 Å². The molecule has 1 atom stereocenters. The van der Waals surface area contributed by atoms with Crippen molar-refractivity contribution in [1.29, 1.82) is 0 Å². The number of esters is 1. The van der Waals surface area contributed by atoms with Crippen LogP contribution in [0.3, 0.4) is 0 Å². The van der Waals surface area contributed by atoms with E-state index in [4.69, 9.17) is 4.74 Å². The Balaban J connectivity index is 2.21. The number of aromatic nitrogens is 2. The van der Waals surface area contributed by atoms with E-state index in [2.05, 4.69) is 15.5 Å². The fraction of sp³-hybridized carbons (Fsp3) is 0.412. The van der Waals surface area contributed by atoms with Crippen LogP contribution in [-0.4, -0.2) is 33.9 Å². The number of ether oxygens (including phenoxy) is 1. The highest BCUT2D eigenvalue weighted by molar-refractivity contribution is 8.02. The van der Waals surface area contributed by atoms with Crippen LogP contribution in [0, 0.1) is 0 Å². The van der Waals surface area contributed by atoms with Gasteiger partial charge in [-0.2, -0.15) is 26.3 Å². The van der Waals surface area contributed by atoms with Crippen LogP contribution in [-0.2, 0) is 21.9 Å². The van der Waals surface area contributed by atoms with Crippen LogP contribution in [0.25, 0.3) is 0 Å². The molecule has 2 rings (SSSR count). The van der Waals surface area contributed by atoms with Gasteiger partial charge in [0.05, 0.1) is 17.7 Å². The Labute approximate surface area is 180 Å². The minimum Gasteiger partial charge on any atom is -0.465 e. The molecule has 1 aromatic heterocycles. The molecule has 1 aromatic carbocycles. The topological polar surface area (TPSA) is 81.2 Å². The molecule has 0 radical (unpaired) electrons. The van der Waals surface area contributed by atoms with E-state index in [0.29, 0.717) is 18.6 Å². The first-order valence-electron chi connectivity index (χ1n) is 8.62. The van der Waals surface area contributed by atoms with Gasteiger partial charge in [-0.3, -0.25) is 14.9 Å². The first-order chi connectivity index (χ1) is 14.3. The van der Waals surface area contributed by atoms with Crippen molar-refractivity contribution in [2.45, 2.75) is 42.2 Å². The number of amides is 1. The summed E-state index contributed by atoms with van der Waals surface area (Å²) in [6.45, 7) is 3.57. The van der Waals surface area contributed by atoms with E-state index < -0.39 is 46.2 Å². The summed E-state index contributed by atoms with van der Waals surface area (Å²) in [5.41, 5.74) is -4.06. The molecule has 0 aliphatic rings. The molecule has 0 bridgehead atoms. The largest absolute Gasteiger partial charge is 0.465 e. The summed E-state index contributed by atoms with van der Waals surface area (Å²) in [6.07, 6.45) is -9.74. The van der Waals surface area contributed by atoms with Crippen molar-refractivity contribution in [3.63, 3.8) is 0 Å². The number of carbonyl (C=O) groups is 2. The van der Waals surface area contributed by atoms with Crippen LogP contribution in [0.1, 0.15) is 41.8 Å². The zero-order chi connectivity index (χ0) is 23.4. The fourth-order valence-electron chi connectivity index (χ4n) is 2.22. The van der Waals surface area contributed by atoms with Gasteiger partial charge in [0.2, 0.25) is 5.13 Å². The number of nitrogens with zero attached hydrogens (tertiary/aromatic N) is 2. The molecule has 0 saturated carbocycles. The molecule has 2 aromatic rings. The second kappa shape index (κ2) is 9.85. The van der Waals surface area contributed by atoms with Gasteiger partial charge in [0.1, 0.15) is 5.25 Å². The van der Waals surface area contributed by atoms with Crippen molar-refractivity contribution in [3.8, 4) is 0 Å². The zero-order valence-corrected chi connectivity index (χ0v) is 17.6. The lowest BCUT2D eigenvalue weighted by atomic mass is 10.0. The third-order valence-corrected chi connectivity index (χ3v) is 5.91. The summed E-state index contributed by atoms with van der Waals surface area (Å²) < 4.78 is 82.8. The Morgan fingerprint density at radius 3 is 2.13 bits per heavy atom. The lowest BCUT2D eigenvalue weighted by Gasteiger charge is -2.13. The lowest BCUT2D eigenvalue weighted by Crippen LogP contribution is -2.19. The number of benzene rings is 1. The molecule has 170 valence electrons. The van der Waals surface area contributed by atoms with Gasteiger partial charge in [0, 0.05) is 5.56 Å². The highest BCUT2D eigenvalue weighted by Crippen LogP contribution is 2.37. The summed E-state index contributed by atoms with van der Waals surface area (Å²) in [7, 11) is 0. The number of nitrogens with one attached hydrogen (secondary N) is 1. The van der Waals surface area contributed by atoms with E-state index in [1.54, 1.807) is 13.8 Å². The molecular formula is C17H15F6N3O3S2. The molecule has 0 spiro atoms. The molecule has 1 heterocycles. The van der Waals surface area contributed by atoms with Gasteiger partial charge < -0.3 is 4.74 Å². The van der Waals surface area contributed by atoms with Crippen LogP contribution in [0.5, 0.6) is 0 Å². The van der Waals surface area contributed by atoms with Crippen LogP contribution < -0.4 is 5.32 Å². The monoisotopic (exact) mass is 487 g/mol. The number of hydrogen-bond donors (Lipinski definition) is 1. The highest BCUT2D eigenvalue weighted by Gasteiger charge is 2.37. The maximum atomic E-state index is 12.9. The van der Waals surface area contributed by atoms with Crippen LogP contribution in [0.2, 0.25) is 0 Å². The van der Waals surface area contributed by atoms with Crippen molar-refractivity contribution >= 4 is 40.1 Å². The summed E-state index contributed by atoms with van der Waals surface area (Å²) in [4.78, 5) is 24.1. The zero-order valence-electron chi connectivity index (χ0n) is 15.9. The Bertz CT molecular complexity index is 914. The predicted molar refractivity (Wildman–Crippen MR) is 101 cm³/mol. The molecule has 0 fully saturated rings. The number of thioether (sulfide) groups is 1. The van der Waals surface area contributed by atoms with Gasteiger partial charge >= 0.3 is 18.3 Å². The molecule has 0 aliphatic carbocycles. The van der Waals surface area contributed by atoms with Crippen molar-refractivity contribution < 1.29 is 40.7 Å². The van der Waals surface area contributed by atoms with Gasteiger partial charge in [-0.05, 0) is 31.5 Å². The Hall–Kier alpha value is -2.35. The average molecular weight is 487 g/mol. The maximum Gasteiger partial charge on any atom is 0.416 e. The smallest absolute Gasteiger partial charge is 0.416 e. The molecule has 1 amide bonds. The van der Waals surface area contributed by atoms with E-state index in [1.807, 2.05) is 0 Å². The van der Waals surface area contributed by atoms with Gasteiger partial charge in [0.15, 0.2) is 4.34 Å². The second-order valence-electron chi connectivity index (χ2n) is 5.89. The first-order valence-corrected chi connectivity index (χ1v) is 10.3. The van der Waals surface area contributed by atoms with Crippen molar-refractivity contribution in [2.24, 2.45) is 0 Å². The Morgan fingerprint density at radius 1 is 1.06 bits per heavy atom. The molecule has 31 heavy (non-hydrogen) atoms. The fourth-order valence-corrected chi connectivity index (χ4v) is 4.13. The van der Waals surface area contributed by atoms with Crippen molar-refractivity contribution in [3.05, 3.63) is 34.9 Å². The summed E-state index contributed by atoms with van der Waals surface area (Å²) in [5, 5.41) is 8.77. The molecule has 0 unspecified atom stereocenters. The predicted octanol–water partition coefficient (Wildman–Crippen LogP) is 5.26. The Morgan fingerprint density at radius 2 is 1.65 bits per heavy atom. The number of carbonyl (C=O) groups excluding carboxylic acids is 2. The SMILES string of the molecule is CCOC(=O)[C@H](CC)Sc1nnc(NC(=O)c2cc(C(F)(F)F)cc(C(F)(F)F)c2)s1. The summed E-state index contributed by atoms with van der Waals surface area (Å²) >= 11 is 1.82. The normalized spacial score (nSPS) is 13.0. The molecule has 0 saturated heterocycles. The number of alkyl halides is 6. The molecular weight excluding hydrogens is 472 g/mol. The number of halogens is 6. The average Bonchev–Trinajstić information content (AvgIpc) is 3.11. The van der Waals surface area contributed by atoms with Gasteiger partial charge in [0.25, 0.3) is 5.91 Å². The summed E-state index contributed by atoms with van der Waals surface area (Å²) in [5.74, 6) is -1.69. The minimum atomic E-state index is -5.08. The van der Waals surface area contributed by atoms with E-state index >= 15 is 0 Å². The molecule has 14 heteroatoms. The van der Waals surface area contributed by atoms with Gasteiger partial charge in [-0.1, -0.05) is 30.0 Å².